The van der Waals surface area contributed by atoms with Crippen LogP contribution in [0.3, 0.4) is 0 Å². The Bertz CT molecular complexity index is 697. The lowest BCUT2D eigenvalue weighted by Gasteiger charge is -2.43. The highest BCUT2D eigenvalue weighted by atomic mass is 16.5. The molecule has 0 aromatic carbocycles. The van der Waals surface area contributed by atoms with E-state index < -0.39 is 0 Å². The first-order valence-electron chi connectivity index (χ1n) is 9.09. The Morgan fingerprint density at radius 3 is 2.67 bits per heavy atom. The van der Waals surface area contributed by atoms with Crippen LogP contribution in [0.5, 0.6) is 0 Å². The fraction of sp³-hybridized carbons (Fsp3) is 0.706. The fourth-order valence-corrected chi connectivity index (χ4v) is 4.39. The summed E-state index contributed by atoms with van der Waals surface area (Å²) in [6, 6.07) is 0. The van der Waals surface area contributed by atoms with Gasteiger partial charge in [0.05, 0.1) is 0 Å². The summed E-state index contributed by atoms with van der Waals surface area (Å²) >= 11 is 0. The molecule has 0 spiro atoms. The Morgan fingerprint density at radius 2 is 1.92 bits per heavy atom. The number of fused-ring (bicyclic) bond motifs is 3. The van der Waals surface area contributed by atoms with Gasteiger partial charge in [0.1, 0.15) is 6.26 Å². The zero-order chi connectivity index (χ0) is 15.9. The molecule has 0 aliphatic carbocycles. The van der Waals surface area contributed by atoms with Crippen LogP contribution in [0.4, 0.5) is 0 Å². The van der Waals surface area contributed by atoms with Gasteiger partial charge in [-0.1, -0.05) is 5.16 Å². The standard InChI is InChI=1S/C17H23N5O2/c1-5-18-6-2-12(1)16-19-14(10-23-16)17-20-15(21-24-17)13-9-22-7-3-11(13)4-8-22/h10-13,18H,1-9H2. The van der Waals surface area contributed by atoms with Gasteiger partial charge >= 0.3 is 0 Å². The molecule has 4 aliphatic rings. The van der Waals surface area contributed by atoms with Gasteiger partial charge in [-0.25, -0.2) is 4.98 Å². The number of hydrogen-bond acceptors (Lipinski definition) is 7. The van der Waals surface area contributed by atoms with E-state index in [0.29, 0.717) is 29.3 Å². The van der Waals surface area contributed by atoms with Crippen molar-refractivity contribution in [3.05, 3.63) is 18.0 Å². The molecule has 128 valence electrons. The van der Waals surface area contributed by atoms with Crippen LogP contribution in [0.1, 0.15) is 49.2 Å². The molecule has 2 bridgehead atoms. The third-order valence-corrected chi connectivity index (χ3v) is 5.86. The smallest absolute Gasteiger partial charge is 0.279 e. The predicted octanol–water partition coefficient (Wildman–Crippen LogP) is 2.00. The lowest BCUT2D eigenvalue weighted by Crippen LogP contribution is -2.46. The van der Waals surface area contributed by atoms with Gasteiger partial charge in [0.15, 0.2) is 17.4 Å². The van der Waals surface area contributed by atoms with E-state index in [2.05, 4.69) is 25.3 Å². The number of oxazole rings is 1. The molecular formula is C17H23N5O2. The van der Waals surface area contributed by atoms with Crippen molar-refractivity contribution in [3.8, 4) is 11.6 Å². The number of nitrogens with one attached hydrogen (secondary N) is 1. The van der Waals surface area contributed by atoms with E-state index in [1.807, 2.05) is 0 Å². The van der Waals surface area contributed by atoms with Gasteiger partial charge in [-0.15, -0.1) is 0 Å². The van der Waals surface area contributed by atoms with Gasteiger partial charge in [-0.3, -0.25) is 0 Å². The molecule has 4 saturated heterocycles. The van der Waals surface area contributed by atoms with Gasteiger partial charge in [-0.2, -0.15) is 4.98 Å². The van der Waals surface area contributed by atoms with Crippen LogP contribution < -0.4 is 5.32 Å². The summed E-state index contributed by atoms with van der Waals surface area (Å²) < 4.78 is 11.2. The van der Waals surface area contributed by atoms with Crippen molar-refractivity contribution in [2.24, 2.45) is 5.92 Å². The third-order valence-electron chi connectivity index (χ3n) is 5.86. The summed E-state index contributed by atoms with van der Waals surface area (Å²) in [7, 11) is 0. The Balaban J connectivity index is 1.35. The first-order valence-corrected chi connectivity index (χ1v) is 9.09. The van der Waals surface area contributed by atoms with E-state index in [0.717, 1.165) is 44.2 Å². The molecule has 24 heavy (non-hydrogen) atoms. The van der Waals surface area contributed by atoms with Crippen LogP contribution in [0.25, 0.3) is 11.6 Å². The predicted molar refractivity (Wildman–Crippen MR) is 86.5 cm³/mol. The molecule has 1 unspecified atom stereocenters. The molecule has 6 rings (SSSR count). The summed E-state index contributed by atoms with van der Waals surface area (Å²) in [4.78, 5) is 11.8. The summed E-state index contributed by atoms with van der Waals surface area (Å²) in [5, 5.41) is 7.61. The second kappa shape index (κ2) is 5.97. The molecule has 7 heteroatoms. The van der Waals surface area contributed by atoms with E-state index in [4.69, 9.17) is 8.94 Å². The molecule has 1 atom stereocenters. The zero-order valence-corrected chi connectivity index (χ0v) is 13.8. The maximum Gasteiger partial charge on any atom is 0.279 e. The van der Waals surface area contributed by atoms with Gasteiger partial charge in [0.2, 0.25) is 0 Å². The Morgan fingerprint density at radius 1 is 1.08 bits per heavy atom. The van der Waals surface area contributed by atoms with Gasteiger partial charge in [0.25, 0.3) is 5.89 Å². The van der Waals surface area contributed by atoms with Crippen molar-refractivity contribution in [3.63, 3.8) is 0 Å². The molecule has 2 aromatic rings. The van der Waals surface area contributed by atoms with E-state index in [-0.39, 0.29) is 0 Å². The van der Waals surface area contributed by atoms with Crippen molar-refractivity contribution < 1.29 is 8.94 Å². The Labute approximate surface area is 140 Å². The molecule has 0 radical (unpaired) electrons. The first kappa shape index (κ1) is 14.6. The van der Waals surface area contributed by atoms with Crippen molar-refractivity contribution in [2.75, 3.05) is 32.7 Å². The van der Waals surface area contributed by atoms with Gasteiger partial charge in [-0.05, 0) is 57.8 Å². The molecule has 0 amide bonds. The molecule has 2 aromatic heterocycles. The third kappa shape index (κ3) is 2.56. The molecule has 4 fully saturated rings. The van der Waals surface area contributed by atoms with Crippen LogP contribution in [-0.2, 0) is 0 Å². The highest BCUT2D eigenvalue weighted by molar-refractivity contribution is 5.44. The Kier molecular flexibility index (Phi) is 3.63. The second-order valence-corrected chi connectivity index (χ2v) is 7.30. The molecular weight excluding hydrogens is 306 g/mol. The number of piperidine rings is 4. The maximum atomic E-state index is 5.69. The van der Waals surface area contributed by atoms with Gasteiger partial charge in [0, 0.05) is 18.4 Å². The topological polar surface area (TPSA) is 80.2 Å². The summed E-state index contributed by atoms with van der Waals surface area (Å²) in [6.45, 7) is 5.53. The largest absolute Gasteiger partial charge is 0.448 e. The summed E-state index contributed by atoms with van der Waals surface area (Å²) in [6.07, 6.45) is 6.28. The fourth-order valence-electron chi connectivity index (χ4n) is 4.39. The highest BCUT2D eigenvalue weighted by Gasteiger charge is 2.37. The van der Waals surface area contributed by atoms with Crippen LogP contribution in [0, 0.1) is 5.92 Å². The van der Waals surface area contributed by atoms with Crippen LogP contribution in [-0.4, -0.2) is 52.7 Å². The maximum absolute atomic E-state index is 5.69. The average molecular weight is 329 g/mol. The highest BCUT2D eigenvalue weighted by Crippen LogP contribution is 2.38. The normalized spacial score (nSPS) is 30.8. The Hall–Kier alpha value is -1.73. The van der Waals surface area contributed by atoms with Crippen molar-refractivity contribution in [1.29, 1.82) is 0 Å². The van der Waals surface area contributed by atoms with Crippen molar-refractivity contribution >= 4 is 0 Å². The quantitative estimate of drug-likeness (QED) is 0.922. The van der Waals surface area contributed by atoms with E-state index >= 15 is 0 Å². The van der Waals surface area contributed by atoms with Crippen LogP contribution in [0.15, 0.2) is 15.2 Å². The molecule has 0 saturated carbocycles. The molecule has 1 N–H and O–H groups in total. The average Bonchev–Trinajstić information content (AvgIpc) is 3.33. The molecule has 7 nitrogen and oxygen atoms in total. The number of rotatable bonds is 3. The monoisotopic (exact) mass is 329 g/mol. The minimum absolute atomic E-state index is 0.393. The SMILES string of the molecule is c1oc(C2CCNCC2)nc1-c1nc(C2CN3CCC2CC3)no1. The number of aromatic nitrogens is 3. The first-order chi connectivity index (χ1) is 11.9. The lowest BCUT2D eigenvalue weighted by molar-refractivity contribution is 0.0825. The van der Waals surface area contributed by atoms with Crippen LogP contribution in [0.2, 0.25) is 0 Å². The number of hydrogen-bond donors (Lipinski definition) is 1. The molecule has 4 aliphatic heterocycles. The zero-order valence-electron chi connectivity index (χ0n) is 13.8. The second-order valence-electron chi connectivity index (χ2n) is 7.30. The lowest BCUT2D eigenvalue weighted by atomic mass is 9.79. The van der Waals surface area contributed by atoms with E-state index in [1.165, 1.54) is 25.9 Å². The van der Waals surface area contributed by atoms with Gasteiger partial charge < -0.3 is 19.2 Å². The van der Waals surface area contributed by atoms with Crippen molar-refractivity contribution in [1.82, 2.24) is 25.3 Å². The van der Waals surface area contributed by atoms with Crippen molar-refractivity contribution in [2.45, 2.75) is 37.5 Å². The van der Waals surface area contributed by atoms with Crippen LogP contribution >= 0.6 is 0 Å². The van der Waals surface area contributed by atoms with E-state index in [9.17, 15) is 0 Å². The summed E-state index contributed by atoms with van der Waals surface area (Å²) in [5.74, 6) is 3.62. The number of nitrogens with zero attached hydrogens (tertiary/aromatic N) is 4. The minimum atomic E-state index is 0.393. The van der Waals surface area contributed by atoms with E-state index in [1.54, 1.807) is 6.26 Å². The minimum Gasteiger partial charge on any atom is -0.448 e. The summed E-state index contributed by atoms with van der Waals surface area (Å²) in [5.41, 5.74) is 0.670. The molecule has 6 heterocycles.